The maximum atomic E-state index is 14.4. The highest BCUT2D eigenvalue weighted by Crippen LogP contribution is 2.38. The van der Waals surface area contributed by atoms with Crippen LogP contribution in [0.1, 0.15) is 18.4 Å². The first-order valence-electron chi connectivity index (χ1n) is 10.1. The van der Waals surface area contributed by atoms with Crippen LogP contribution < -0.4 is 20.3 Å². The number of benzene rings is 1. The minimum Gasteiger partial charge on any atom is -0.474 e. The number of hydrogen-bond donors (Lipinski definition) is 1. The standard InChI is InChI=1S/C21H21F2N7O/c22-13-10-25-21(26-11-13)29-6-3-15(4-7-29)31-20-16-5-8-30(19(16)27-12-28-20)18-2-1-14(24)9-17(18)23/h1-2,9-12,15H,3-8,24H2. The van der Waals surface area contributed by atoms with Crippen LogP contribution in [0.4, 0.5) is 31.9 Å². The Morgan fingerprint density at radius 2 is 1.77 bits per heavy atom. The van der Waals surface area contributed by atoms with Crippen LogP contribution in [0.2, 0.25) is 0 Å². The topological polar surface area (TPSA) is 93.3 Å². The van der Waals surface area contributed by atoms with E-state index in [1.807, 2.05) is 9.80 Å². The molecule has 0 saturated carbocycles. The quantitative estimate of drug-likeness (QED) is 0.638. The molecule has 8 nitrogen and oxygen atoms in total. The number of aromatic nitrogens is 4. The van der Waals surface area contributed by atoms with E-state index in [-0.39, 0.29) is 11.9 Å². The number of nitrogens with two attached hydrogens (primary N) is 1. The van der Waals surface area contributed by atoms with Gasteiger partial charge in [-0.25, -0.2) is 28.7 Å². The molecule has 1 fully saturated rings. The molecule has 2 aromatic heterocycles. The first-order valence-corrected chi connectivity index (χ1v) is 10.1. The Labute approximate surface area is 177 Å². The molecule has 0 atom stereocenters. The van der Waals surface area contributed by atoms with Crippen molar-refractivity contribution in [1.82, 2.24) is 19.9 Å². The molecular weight excluding hydrogens is 404 g/mol. The normalized spacial score (nSPS) is 16.5. The van der Waals surface area contributed by atoms with E-state index in [2.05, 4.69) is 19.9 Å². The van der Waals surface area contributed by atoms with Gasteiger partial charge in [0.05, 0.1) is 23.6 Å². The Balaban J connectivity index is 1.29. The highest BCUT2D eigenvalue weighted by molar-refractivity contribution is 5.69. The fraction of sp³-hybridized carbons (Fsp3) is 0.333. The number of fused-ring (bicyclic) bond motifs is 1. The molecule has 160 valence electrons. The lowest BCUT2D eigenvalue weighted by molar-refractivity contribution is 0.162. The van der Waals surface area contributed by atoms with E-state index in [9.17, 15) is 8.78 Å². The van der Waals surface area contributed by atoms with E-state index in [0.29, 0.717) is 55.1 Å². The van der Waals surface area contributed by atoms with Gasteiger partial charge in [0.2, 0.25) is 11.8 Å². The van der Waals surface area contributed by atoms with Gasteiger partial charge in [-0.15, -0.1) is 0 Å². The molecule has 2 aliphatic rings. The molecule has 2 aliphatic heterocycles. The van der Waals surface area contributed by atoms with Crippen molar-refractivity contribution in [3.05, 3.63) is 54.1 Å². The fourth-order valence-electron chi connectivity index (χ4n) is 4.05. The summed E-state index contributed by atoms with van der Waals surface area (Å²) in [6, 6.07) is 4.65. The van der Waals surface area contributed by atoms with Gasteiger partial charge in [0.15, 0.2) is 5.82 Å². The van der Waals surface area contributed by atoms with Gasteiger partial charge in [0.1, 0.15) is 24.1 Å². The van der Waals surface area contributed by atoms with Gasteiger partial charge < -0.3 is 20.3 Å². The van der Waals surface area contributed by atoms with Gasteiger partial charge in [-0.2, -0.15) is 0 Å². The molecule has 0 spiro atoms. The first-order chi connectivity index (χ1) is 15.1. The minimum atomic E-state index is -0.451. The lowest BCUT2D eigenvalue weighted by Gasteiger charge is -2.32. The summed E-state index contributed by atoms with van der Waals surface area (Å²) >= 11 is 0. The van der Waals surface area contributed by atoms with Crippen LogP contribution >= 0.6 is 0 Å². The second kappa shape index (κ2) is 7.93. The third-order valence-electron chi connectivity index (χ3n) is 5.60. The zero-order chi connectivity index (χ0) is 21.4. The Kier molecular flexibility index (Phi) is 4.97. The van der Waals surface area contributed by atoms with E-state index < -0.39 is 5.82 Å². The smallest absolute Gasteiger partial charge is 0.225 e. The number of halogens is 2. The number of nitrogen functional groups attached to an aromatic ring is 1. The summed E-state index contributed by atoms with van der Waals surface area (Å²) in [5.41, 5.74) is 7.36. The van der Waals surface area contributed by atoms with Crippen LogP contribution in [-0.2, 0) is 6.42 Å². The van der Waals surface area contributed by atoms with Crippen molar-refractivity contribution in [2.24, 2.45) is 0 Å². The van der Waals surface area contributed by atoms with Gasteiger partial charge >= 0.3 is 0 Å². The van der Waals surface area contributed by atoms with Gasteiger partial charge in [0, 0.05) is 38.2 Å². The monoisotopic (exact) mass is 425 g/mol. The molecular formula is C21H21F2N7O. The summed E-state index contributed by atoms with van der Waals surface area (Å²) in [5.74, 6) is 0.881. The summed E-state index contributed by atoms with van der Waals surface area (Å²) in [5, 5.41) is 0. The van der Waals surface area contributed by atoms with Gasteiger partial charge in [-0.1, -0.05) is 0 Å². The zero-order valence-electron chi connectivity index (χ0n) is 16.7. The minimum absolute atomic E-state index is 0.0157. The molecule has 0 radical (unpaired) electrons. The van der Waals surface area contributed by atoms with E-state index in [1.54, 1.807) is 12.1 Å². The number of piperidine rings is 1. The lowest BCUT2D eigenvalue weighted by atomic mass is 10.1. The molecule has 10 heteroatoms. The maximum absolute atomic E-state index is 14.4. The SMILES string of the molecule is Nc1ccc(N2CCc3c(OC4CCN(c5ncc(F)cn5)CC4)ncnc32)c(F)c1. The second-order valence-corrected chi connectivity index (χ2v) is 7.60. The molecule has 0 unspecified atom stereocenters. The summed E-state index contributed by atoms with van der Waals surface area (Å²) in [7, 11) is 0. The highest BCUT2D eigenvalue weighted by Gasteiger charge is 2.30. The number of hydrogen-bond acceptors (Lipinski definition) is 8. The van der Waals surface area contributed by atoms with Crippen LogP contribution in [0, 0.1) is 11.6 Å². The number of anilines is 4. The second-order valence-electron chi connectivity index (χ2n) is 7.60. The van der Waals surface area contributed by atoms with Crippen LogP contribution in [0.15, 0.2) is 36.9 Å². The van der Waals surface area contributed by atoms with Gasteiger partial charge in [-0.05, 0) is 24.6 Å². The molecule has 2 N–H and O–H groups in total. The van der Waals surface area contributed by atoms with Crippen molar-refractivity contribution in [2.75, 3.05) is 35.2 Å². The van der Waals surface area contributed by atoms with Gasteiger partial charge in [0.25, 0.3) is 0 Å². The number of rotatable bonds is 4. The molecule has 3 aromatic rings. The predicted molar refractivity (Wildman–Crippen MR) is 111 cm³/mol. The summed E-state index contributed by atoms with van der Waals surface area (Å²) in [6.45, 7) is 1.99. The fourth-order valence-corrected chi connectivity index (χ4v) is 4.05. The summed E-state index contributed by atoms with van der Waals surface area (Å²) in [4.78, 5) is 20.6. The Hall–Kier alpha value is -3.56. The average molecular weight is 425 g/mol. The van der Waals surface area contributed by atoms with Gasteiger partial charge in [-0.3, -0.25) is 0 Å². The third-order valence-corrected chi connectivity index (χ3v) is 5.60. The molecule has 1 aromatic carbocycles. The van der Waals surface area contributed by atoms with Crippen molar-refractivity contribution in [2.45, 2.75) is 25.4 Å². The van der Waals surface area contributed by atoms with E-state index >= 15 is 0 Å². The molecule has 0 amide bonds. The van der Waals surface area contributed by atoms with E-state index in [1.165, 1.54) is 24.8 Å². The van der Waals surface area contributed by atoms with Crippen LogP contribution in [0.25, 0.3) is 0 Å². The number of nitrogens with zero attached hydrogens (tertiary/aromatic N) is 6. The van der Waals surface area contributed by atoms with Crippen molar-refractivity contribution < 1.29 is 13.5 Å². The van der Waals surface area contributed by atoms with Crippen molar-refractivity contribution in [3.63, 3.8) is 0 Å². The van der Waals surface area contributed by atoms with Crippen LogP contribution in [-0.4, -0.2) is 45.7 Å². The molecule has 1 saturated heterocycles. The Bertz CT molecular complexity index is 1090. The van der Waals surface area contributed by atoms with Crippen molar-refractivity contribution >= 4 is 23.1 Å². The zero-order valence-corrected chi connectivity index (χ0v) is 16.7. The lowest BCUT2D eigenvalue weighted by Crippen LogP contribution is -2.39. The summed E-state index contributed by atoms with van der Waals surface area (Å²) in [6.07, 6.45) is 5.96. The number of ether oxygens (including phenoxy) is 1. The van der Waals surface area contributed by atoms with Crippen molar-refractivity contribution in [3.8, 4) is 5.88 Å². The molecule has 0 aliphatic carbocycles. The first kappa shape index (κ1) is 19.4. The predicted octanol–water partition coefficient (Wildman–Crippen LogP) is 2.87. The molecule has 5 rings (SSSR count). The van der Waals surface area contributed by atoms with Crippen LogP contribution in [0.3, 0.4) is 0 Å². The average Bonchev–Trinajstić information content (AvgIpc) is 3.20. The third kappa shape index (κ3) is 3.80. The molecule has 4 heterocycles. The Morgan fingerprint density at radius 3 is 2.52 bits per heavy atom. The molecule has 0 bridgehead atoms. The van der Waals surface area contributed by atoms with E-state index in [4.69, 9.17) is 10.5 Å². The largest absolute Gasteiger partial charge is 0.474 e. The maximum Gasteiger partial charge on any atom is 0.225 e. The Morgan fingerprint density at radius 1 is 1.00 bits per heavy atom. The summed E-state index contributed by atoms with van der Waals surface area (Å²) < 4.78 is 33.7. The molecule has 31 heavy (non-hydrogen) atoms. The van der Waals surface area contributed by atoms with Crippen LogP contribution in [0.5, 0.6) is 5.88 Å². The van der Waals surface area contributed by atoms with E-state index in [0.717, 1.165) is 18.4 Å². The van der Waals surface area contributed by atoms with Crippen molar-refractivity contribution in [1.29, 1.82) is 0 Å². The highest BCUT2D eigenvalue weighted by atomic mass is 19.1.